The van der Waals surface area contributed by atoms with E-state index in [-0.39, 0.29) is 5.57 Å². The van der Waals surface area contributed by atoms with Gasteiger partial charge in [0.15, 0.2) is 11.5 Å². The van der Waals surface area contributed by atoms with Crippen molar-refractivity contribution in [3.8, 4) is 17.6 Å². The maximum atomic E-state index is 12.7. The first-order chi connectivity index (χ1) is 17.5. The van der Waals surface area contributed by atoms with Gasteiger partial charge >= 0.3 is 0 Å². The van der Waals surface area contributed by atoms with Gasteiger partial charge in [0.25, 0.3) is 5.91 Å². The predicted molar refractivity (Wildman–Crippen MR) is 147 cm³/mol. The molecule has 0 aromatic heterocycles. The smallest absolute Gasteiger partial charge is 0.266 e. The van der Waals surface area contributed by atoms with Crippen molar-refractivity contribution in [1.82, 2.24) is 0 Å². The molecule has 0 fully saturated rings. The van der Waals surface area contributed by atoms with Crippen LogP contribution in [0.3, 0.4) is 0 Å². The summed E-state index contributed by atoms with van der Waals surface area (Å²) in [6.45, 7) is 4.58. The van der Waals surface area contributed by atoms with E-state index in [2.05, 4.69) is 45.5 Å². The van der Waals surface area contributed by atoms with Crippen molar-refractivity contribution in [3.05, 3.63) is 106 Å². The monoisotopic (exact) mass is 540 g/mol. The second-order valence-corrected chi connectivity index (χ2v) is 9.03. The molecule has 0 spiro atoms. The number of nitrogens with one attached hydrogen (secondary N) is 1. The number of hydrogen-bond acceptors (Lipinski definition) is 4. The maximum Gasteiger partial charge on any atom is 0.266 e. The van der Waals surface area contributed by atoms with Gasteiger partial charge in [-0.15, -0.1) is 0 Å². The SMILES string of the molecule is CCOc1cc(/C=C(\C#N)C(=O)Nc2ccccc2C)cc(Br)c1OCc1ccc2ccccc2c1. The molecule has 0 saturated carbocycles. The van der Waals surface area contributed by atoms with Crippen molar-refractivity contribution in [2.24, 2.45) is 0 Å². The van der Waals surface area contributed by atoms with Crippen LogP contribution >= 0.6 is 15.9 Å². The van der Waals surface area contributed by atoms with Crippen LogP contribution in [0.25, 0.3) is 16.8 Å². The van der Waals surface area contributed by atoms with Gasteiger partial charge in [0.1, 0.15) is 18.2 Å². The number of carbonyl (C=O) groups excluding carboxylic acids is 1. The second kappa shape index (κ2) is 11.6. The summed E-state index contributed by atoms with van der Waals surface area (Å²) in [7, 11) is 0. The molecule has 1 amide bonds. The molecule has 36 heavy (non-hydrogen) atoms. The molecular weight excluding hydrogens is 516 g/mol. The Morgan fingerprint density at radius 2 is 1.75 bits per heavy atom. The van der Waals surface area contributed by atoms with Crippen molar-refractivity contribution in [2.45, 2.75) is 20.5 Å². The summed E-state index contributed by atoms with van der Waals surface area (Å²) in [6.07, 6.45) is 1.54. The molecule has 4 aromatic carbocycles. The summed E-state index contributed by atoms with van der Waals surface area (Å²) in [5.74, 6) is 0.609. The molecule has 0 aliphatic carbocycles. The number of benzene rings is 4. The third kappa shape index (κ3) is 5.94. The molecule has 0 radical (unpaired) electrons. The molecule has 4 aromatic rings. The van der Waals surface area contributed by atoms with Gasteiger partial charge in [-0.05, 0) is 87.6 Å². The number of nitrogens with zero attached hydrogens (tertiary/aromatic N) is 1. The summed E-state index contributed by atoms with van der Waals surface area (Å²) < 4.78 is 12.6. The zero-order valence-electron chi connectivity index (χ0n) is 20.0. The van der Waals surface area contributed by atoms with Gasteiger partial charge in [-0.3, -0.25) is 4.79 Å². The molecule has 0 aliphatic rings. The molecule has 0 unspecified atom stereocenters. The Bertz CT molecular complexity index is 1490. The van der Waals surface area contributed by atoms with Gasteiger partial charge < -0.3 is 14.8 Å². The summed E-state index contributed by atoms with van der Waals surface area (Å²) >= 11 is 3.58. The molecule has 180 valence electrons. The minimum absolute atomic E-state index is 0.0163. The number of ether oxygens (including phenoxy) is 2. The molecule has 6 heteroatoms. The van der Waals surface area contributed by atoms with E-state index in [1.807, 2.05) is 56.3 Å². The quantitative estimate of drug-likeness (QED) is 0.186. The zero-order chi connectivity index (χ0) is 25.5. The van der Waals surface area contributed by atoms with E-state index >= 15 is 0 Å². The lowest BCUT2D eigenvalue weighted by atomic mass is 10.1. The van der Waals surface area contributed by atoms with Crippen LogP contribution in [-0.2, 0) is 11.4 Å². The fourth-order valence-corrected chi connectivity index (χ4v) is 4.35. The highest BCUT2D eigenvalue weighted by atomic mass is 79.9. The number of carbonyl (C=O) groups is 1. The molecule has 5 nitrogen and oxygen atoms in total. The highest BCUT2D eigenvalue weighted by molar-refractivity contribution is 9.10. The first-order valence-corrected chi connectivity index (χ1v) is 12.3. The predicted octanol–water partition coefficient (Wildman–Crippen LogP) is 7.43. The zero-order valence-corrected chi connectivity index (χ0v) is 21.6. The second-order valence-electron chi connectivity index (χ2n) is 8.17. The fraction of sp³-hybridized carbons (Fsp3) is 0.133. The van der Waals surface area contributed by atoms with Crippen LogP contribution in [-0.4, -0.2) is 12.5 Å². The van der Waals surface area contributed by atoms with Crippen LogP contribution in [0.5, 0.6) is 11.5 Å². The summed E-state index contributed by atoms with van der Waals surface area (Å²) in [6, 6.07) is 27.4. The van der Waals surface area contributed by atoms with Crippen molar-refractivity contribution >= 4 is 44.4 Å². The van der Waals surface area contributed by atoms with E-state index in [1.54, 1.807) is 18.2 Å². The molecular formula is C30H25BrN2O3. The first kappa shape index (κ1) is 25.0. The average molecular weight is 541 g/mol. The topological polar surface area (TPSA) is 71.3 Å². The van der Waals surface area contributed by atoms with E-state index < -0.39 is 5.91 Å². The lowest BCUT2D eigenvalue weighted by Gasteiger charge is -2.15. The third-order valence-electron chi connectivity index (χ3n) is 5.60. The van der Waals surface area contributed by atoms with Crippen LogP contribution in [0, 0.1) is 18.3 Å². The number of hydrogen-bond donors (Lipinski definition) is 1. The number of anilines is 1. The number of aryl methyl sites for hydroxylation is 1. The van der Waals surface area contributed by atoms with Gasteiger partial charge in [0.05, 0.1) is 11.1 Å². The minimum Gasteiger partial charge on any atom is -0.490 e. The van der Waals surface area contributed by atoms with E-state index in [1.165, 1.54) is 11.5 Å². The molecule has 0 atom stereocenters. The number of nitriles is 1. The van der Waals surface area contributed by atoms with Crippen LogP contribution in [0.15, 0.2) is 88.9 Å². The highest BCUT2D eigenvalue weighted by Gasteiger charge is 2.15. The Hall–Kier alpha value is -4.08. The lowest BCUT2D eigenvalue weighted by Crippen LogP contribution is -2.14. The third-order valence-corrected chi connectivity index (χ3v) is 6.19. The van der Waals surface area contributed by atoms with Gasteiger partial charge in [-0.2, -0.15) is 5.26 Å². The van der Waals surface area contributed by atoms with E-state index in [4.69, 9.17) is 9.47 Å². The molecule has 4 rings (SSSR count). The van der Waals surface area contributed by atoms with Gasteiger partial charge in [-0.1, -0.05) is 54.6 Å². The van der Waals surface area contributed by atoms with Crippen molar-refractivity contribution < 1.29 is 14.3 Å². The number of para-hydroxylation sites is 1. The largest absolute Gasteiger partial charge is 0.490 e. The Morgan fingerprint density at radius 3 is 2.50 bits per heavy atom. The highest BCUT2D eigenvalue weighted by Crippen LogP contribution is 2.38. The Morgan fingerprint density at radius 1 is 1.00 bits per heavy atom. The number of amides is 1. The summed E-state index contributed by atoms with van der Waals surface area (Å²) in [4.78, 5) is 12.7. The van der Waals surface area contributed by atoms with Crippen LogP contribution in [0.1, 0.15) is 23.6 Å². The summed E-state index contributed by atoms with van der Waals surface area (Å²) in [5, 5.41) is 14.8. The first-order valence-electron chi connectivity index (χ1n) is 11.5. The molecule has 1 N–H and O–H groups in total. The lowest BCUT2D eigenvalue weighted by molar-refractivity contribution is -0.112. The van der Waals surface area contributed by atoms with Crippen LogP contribution in [0.4, 0.5) is 5.69 Å². The van der Waals surface area contributed by atoms with Gasteiger partial charge in [0.2, 0.25) is 0 Å². The average Bonchev–Trinajstić information content (AvgIpc) is 2.88. The molecule has 0 bridgehead atoms. The Kier molecular flexibility index (Phi) is 8.04. The number of halogens is 1. The minimum atomic E-state index is -0.475. The van der Waals surface area contributed by atoms with E-state index in [9.17, 15) is 10.1 Å². The van der Waals surface area contributed by atoms with Gasteiger partial charge in [-0.25, -0.2) is 0 Å². The maximum absolute atomic E-state index is 12.7. The van der Waals surface area contributed by atoms with Crippen molar-refractivity contribution in [1.29, 1.82) is 5.26 Å². The van der Waals surface area contributed by atoms with Crippen molar-refractivity contribution in [3.63, 3.8) is 0 Å². The van der Waals surface area contributed by atoms with Crippen LogP contribution in [0.2, 0.25) is 0 Å². The molecule has 0 aliphatic heterocycles. The van der Waals surface area contributed by atoms with E-state index in [0.29, 0.717) is 40.4 Å². The number of fused-ring (bicyclic) bond motifs is 1. The normalized spacial score (nSPS) is 11.1. The molecule has 0 saturated heterocycles. The van der Waals surface area contributed by atoms with Crippen molar-refractivity contribution in [2.75, 3.05) is 11.9 Å². The standard InChI is InChI=1S/C30H25BrN2O3/c1-3-35-28-17-22(15-25(18-32)30(34)33-27-11-7-4-8-20(27)2)16-26(31)29(28)36-19-21-12-13-23-9-5-6-10-24(23)14-21/h4-17H,3,19H2,1-2H3,(H,33,34)/b25-15+. The Balaban J connectivity index is 1.57. The molecule has 0 heterocycles. The van der Waals surface area contributed by atoms with Gasteiger partial charge in [0, 0.05) is 5.69 Å². The summed E-state index contributed by atoms with van der Waals surface area (Å²) in [5.41, 5.74) is 3.23. The number of rotatable bonds is 8. The Labute approximate surface area is 219 Å². The fourth-order valence-electron chi connectivity index (χ4n) is 3.78. The van der Waals surface area contributed by atoms with Crippen LogP contribution < -0.4 is 14.8 Å². The van der Waals surface area contributed by atoms with E-state index in [0.717, 1.165) is 16.5 Å².